The van der Waals surface area contributed by atoms with Crippen molar-refractivity contribution >= 4 is 33.7 Å². The Balaban J connectivity index is 2.17. The second-order valence-corrected chi connectivity index (χ2v) is 6.90. The van der Waals surface area contributed by atoms with E-state index in [0.717, 1.165) is 12.1 Å². The Hall–Kier alpha value is -2.07. The first-order valence-electron chi connectivity index (χ1n) is 8.58. The fourth-order valence-electron chi connectivity index (χ4n) is 3.00. The minimum absolute atomic E-state index is 0.153. The van der Waals surface area contributed by atoms with Gasteiger partial charge in [-0.1, -0.05) is 15.9 Å². The van der Waals surface area contributed by atoms with Crippen molar-refractivity contribution in [3.8, 4) is 0 Å². The summed E-state index contributed by atoms with van der Waals surface area (Å²) >= 11 is 3.21. The molecule has 1 heterocycles. The molecule has 0 aliphatic carbocycles. The van der Waals surface area contributed by atoms with Crippen molar-refractivity contribution in [3.05, 3.63) is 34.9 Å². The zero-order valence-corrected chi connectivity index (χ0v) is 17.1. The number of alkyl halides is 1. The molecule has 0 saturated carbocycles. The molecule has 2 rings (SSSR count). The topological polar surface area (TPSA) is 84.9 Å². The molecule has 0 radical (unpaired) electrons. The Bertz CT molecular complexity index is 738. The predicted octanol–water partition coefficient (Wildman–Crippen LogP) is 2.38. The van der Waals surface area contributed by atoms with Crippen molar-refractivity contribution < 1.29 is 32.6 Å². The molecular weight excluding hydrogens is 442 g/mol. The molecule has 1 fully saturated rings. The molecule has 0 bridgehead atoms. The van der Waals surface area contributed by atoms with E-state index in [0.29, 0.717) is 6.54 Å². The molecule has 1 aliphatic rings. The average molecular weight is 463 g/mol. The van der Waals surface area contributed by atoms with Gasteiger partial charge in [-0.3, -0.25) is 9.59 Å². The third kappa shape index (κ3) is 5.05. The minimum Gasteiger partial charge on any atom is -0.453 e. The second-order valence-electron chi connectivity index (χ2n) is 6.25. The van der Waals surface area contributed by atoms with E-state index in [1.54, 1.807) is 0 Å². The SMILES string of the molecule is CNC(=O)c1cc(F)c(C(=O)C(CBr)C[C@H]2CN(C(=O)OC)CCO2)c(F)c1. The zero-order valence-electron chi connectivity index (χ0n) is 15.5. The number of carbonyl (C=O) groups is 3. The number of nitrogens with zero attached hydrogens (tertiary/aromatic N) is 1. The van der Waals surface area contributed by atoms with Crippen molar-refractivity contribution in [2.75, 3.05) is 39.2 Å². The summed E-state index contributed by atoms with van der Waals surface area (Å²) in [5.74, 6) is -4.38. The van der Waals surface area contributed by atoms with Gasteiger partial charge in [-0.05, 0) is 18.6 Å². The van der Waals surface area contributed by atoms with Crippen LogP contribution >= 0.6 is 15.9 Å². The highest BCUT2D eigenvalue weighted by atomic mass is 79.9. The van der Waals surface area contributed by atoms with E-state index in [9.17, 15) is 23.2 Å². The van der Waals surface area contributed by atoms with Gasteiger partial charge in [-0.2, -0.15) is 0 Å². The van der Waals surface area contributed by atoms with Gasteiger partial charge in [0.25, 0.3) is 5.91 Å². The number of hydrogen-bond acceptors (Lipinski definition) is 5. The molecule has 1 aromatic rings. The molecule has 2 amide bonds. The van der Waals surface area contributed by atoms with Gasteiger partial charge in [-0.15, -0.1) is 0 Å². The van der Waals surface area contributed by atoms with Crippen LogP contribution in [0.4, 0.5) is 13.6 Å². The maximum absolute atomic E-state index is 14.4. The predicted molar refractivity (Wildman–Crippen MR) is 99.7 cm³/mol. The second kappa shape index (κ2) is 9.92. The van der Waals surface area contributed by atoms with Crippen LogP contribution in [0.5, 0.6) is 0 Å². The molecular formula is C18H21BrF2N2O5. The number of rotatable bonds is 6. The lowest BCUT2D eigenvalue weighted by molar-refractivity contribution is -0.0321. The zero-order chi connectivity index (χ0) is 20.8. The van der Waals surface area contributed by atoms with Crippen LogP contribution in [0.25, 0.3) is 0 Å². The molecule has 0 aromatic heterocycles. The van der Waals surface area contributed by atoms with Gasteiger partial charge in [-0.25, -0.2) is 13.6 Å². The number of Topliss-reactive ketones (excluding diaryl/α,β-unsaturated/α-hetero) is 1. The van der Waals surface area contributed by atoms with E-state index < -0.39 is 47.0 Å². The molecule has 1 unspecified atom stereocenters. The van der Waals surface area contributed by atoms with Crippen LogP contribution in [-0.4, -0.2) is 68.0 Å². The van der Waals surface area contributed by atoms with E-state index >= 15 is 0 Å². The molecule has 1 saturated heterocycles. The van der Waals surface area contributed by atoms with Gasteiger partial charge in [0.1, 0.15) is 11.6 Å². The lowest BCUT2D eigenvalue weighted by Gasteiger charge is -2.33. The summed E-state index contributed by atoms with van der Waals surface area (Å²) in [6, 6.07) is 1.66. The van der Waals surface area contributed by atoms with Gasteiger partial charge in [0.05, 0.1) is 31.9 Å². The molecule has 2 atom stereocenters. The quantitative estimate of drug-likeness (QED) is 0.518. The Labute approximate surface area is 169 Å². The Morgan fingerprint density at radius 3 is 2.54 bits per heavy atom. The van der Waals surface area contributed by atoms with E-state index in [4.69, 9.17) is 4.74 Å². The molecule has 10 heteroatoms. The number of halogens is 3. The summed E-state index contributed by atoms with van der Waals surface area (Å²) in [5, 5.41) is 2.42. The molecule has 1 N–H and O–H groups in total. The fourth-order valence-corrected chi connectivity index (χ4v) is 3.56. The number of amides is 2. The summed E-state index contributed by atoms with van der Waals surface area (Å²) in [6.45, 7) is 0.844. The first kappa shape index (κ1) is 22.2. The highest BCUT2D eigenvalue weighted by Gasteiger charge is 2.32. The standard InChI is InChI=1S/C18H21BrF2N2O5/c1-22-17(25)10-6-13(20)15(14(21)7-10)16(24)11(8-19)5-12-9-23(3-4-28-12)18(26)27-2/h6-7,11-12H,3-5,8-9H2,1-2H3,(H,22,25)/t11?,12-/m0/s1. The molecule has 0 spiro atoms. The number of ether oxygens (including phenoxy) is 2. The highest BCUT2D eigenvalue weighted by molar-refractivity contribution is 9.09. The Morgan fingerprint density at radius 2 is 2.00 bits per heavy atom. The monoisotopic (exact) mass is 462 g/mol. The summed E-state index contributed by atoms with van der Waals surface area (Å²) in [5.41, 5.74) is -0.911. The third-order valence-corrected chi connectivity index (χ3v) is 5.24. The summed E-state index contributed by atoms with van der Waals surface area (Å²) < 4.78 is 39.0. The Morgan fingerprint density at radius 1 is 1.36 bits per heavy atom. The number of nitrogens with one attached hydrogen (secondary N) is 1. The first-order valence-corrected chi connectivity index (χ1v) is 9.70. The van der Waals surface area contributed by atoms with Crippen LogP contribution in [0.2, 0.25) is 0 Å². The van der Waals surface area contributed by atoms with E-state index in [1.165, 1.54) is 19.1 Å². The first-order chi connectivity index (χ1) is 13.3. The number of carbonyl (C=O) groups excluding carboxylic acids is 3. The van der Waals surface area contributed by atoms with Crippen molar-refractivity contribution in [3.63, 3.8) is 0 Å². The number of ketones is 1. The normalized spacial score (nSPS) is 17.8. The van der Waals surface area contributed by atoms with Crippen LogP contribution in [0, 0.1) is 17.6 Å². The van der Waals surface area contributed by atoms with Gasteiger partial charge in [0.2, 0.25) is 0 Å². The lowest BCUT2D eigenvalue weighted by Crippen LogP contribution is -2.46. The van der Waals surface area contributed by atoms with E-state index in [-0.39, 0.29) is 30.5 Å². The van der Waals surface area contributed by atoms with Crippen molar-refractivity contribution in [2.24, 2.45) is 5.92 Å². The van der Waals surface area contributed by atoms with Gasteiger partial charge in [0.15, 0.2) is 5.78 Å². The van der Waals surface area contributed by atoms with Crippen LogP contribution in [0.15, 0.2) is 12.1 Å². The van der Waals surface area contributed by atoms with Crippen LogP contribution in [-0.2, 0) is 9.47 Å². The maximum Gasteiger partial charge on any atom is 0.409 e. The number of morpholine rings is 1. The number of methoxy groups -OCH3 is 1. The van der Waals surface area contributed by atoms with Crippen LogP contribution < -0.4 is 5.32 Å². The Kier molecular flexibility index (Phi) is 7.88. The summed E-state index contributed by atoms with van der Waals surface area (Å²) in [6.07, 6.45) is -0.819. The minimum atomic E-state index is -1.10. The van der Waals surface area contributed by atoms with Gasteiger partial charge < -0.3 is 19.7 Å². The van der Waals surface area contributed by atoms with E-state index in [2.05, 4.69) is 26.0 Å². The van der Waals surface area contributed by atoms with Crippen LogP contribution in [0.1, 0.15) is 27.1 Å². The highest BCUT2D eigenvalue weighted by Crippen LogP contribution is 2.25. The third-order valence-electron chi connectivity index (χ3n) is 4.45. The van der Waals surface area contributed by atoms with E-state index in [1.807, 2.05) is 0 Å². The summed E-state index contributed by atoms with van der Waals surface area (Å²) in [7, 11) is 2.60. The summed E-state index contributed by atoms with van der Waals surface area (Å²) in [4.78, 5) is 37.4. The fraction of sp³-hybridized carbons (Fsp3) is 0.500. The molecule has 28 heavy (non-hydrogen) atoms. The average Bonchev–Trinajstić information content (AvgIpc) is 2.70. The lowest BCUT2D eigenvalue weighted by atomic mass is 9.92. The smallest absolute Gasteiger partial charge is 0.409 e. The number of benzene rings is 1. The largest absolute Gasteiger partial charge is 0.453 e. The van der Waals surface area contributed by atoms with Crippen molar-refractivity contribution in [1.29, 1.82) is 0 Å². The van der Waals surface area contributed by atoms with Gasteiger partial charge in [0, 0.05) is 30.4 Å². The maximum atomic E-state index is 14.4. The van der Waals surface area contributed by atoms with Gasteiger partial charge >= 0.3 is 6.09 Å². The molecule has 7 nitrogen and oxygen atoms in total. The van der Waals surface area contributed by atoms with Crippen molar-refractivity contribution in [1.82, 2.24) is 10.2 Å². The van der Waals surface area contributed by atoms with Crippen molar-refractivity contribution in [2.45, 2.75) is 12.5 Å². The number of hydrogen-bond donors (Lipinski definition) is 1. The molecule has 154 valence electrons. The van der Waals surface area contributed by atoms with Crippen LogP contribution in [0.3, 0.4) is 0 Å². The molecule has 1 aliphatic heterocycles. The molecule has 1 aromatic carbocycles.